The van der Waals surface area contributed by atoms with Gasteiger partial charge in [0.25, 0.3) is 0 Å². The third-order valence-electron chi connectivity index (χ3n) is 8.73. The molecule has 2 fully saturated rings. The van der Waals surface area contributed by atoms with Crippen LogP contribution in [0.5, 0.6) is 5.75 Å². The zero-order chi connectivity index (χ0) is 28.7. The number of nitrogens with zero attached hydrogens (tertiary/aromatic N) is 3. The number of rotatable bonds is 9. The average molecular weight is 568 g/mol. The molecule has 1 unspecified atom stereocenters. The quantitative estimate of drug-likeness (QED) is 0.362. The van der Waals surface area contributed by atoms with Crippen molar-refractivity contribution in [3.05, 3.63) is 48.6 Å². The van der Waals surface area contributed by atoms with Crippen molar-refractivity contribution in [3.8, 4) is 5.75 Å². The first kappa shape index (κ1) is 28.7. The average Bonchev–Trinajstić information content (AvgIpc) is 3.18. The monoisotopic (exact) mass is 567 g/mol. The number of amides is 3. The van der Waals surface area contributed by atoms with E-state index in [2.05, 4.69) is 12.2 Å². The molecule has 2 saturated heterocycles. The number of unbranched alkanes of at least 4 members (excludes halogenated alkanes) is 2. The maximum absolute atomic E-state index is 14.5. The molecule has 1 aromatic rings. The zero-order valence-electron chi connectivity index (χ0n) is 23.9. The molecule has 9 heteroatoms. The van der Waals surface area contributed by atoms with E-state index >= 15 is 0 Å². The number of aliphatic hydroxyl groups excluding tert-OH is 1. The minimum absolute atomic E-state index is 0.0122. The van der Waals surface area contributed by atoms with Crippen LogP contribution >= 0.6 is 11.8 Å². The van der Waals surface area contributed by atoms with Crippen LogP contribution in [-0.2, 0) is 14.4 Å². The summed E-state index contributed by atoms with van der Waals surface area (Å²) in [5.41, 5.74) is 0.759. The van der Waals surface area contributed by atoms with E-state index in [9.17, 15) is 19.5 Å². The molecule has 4 heterocycles. The van der Waals surface area contributed by atoms with Crippen molar-refractivity contribution in [1.82, 2.24) is 9.80 Å². The molecule has 4 aliphatic heterocycles. The summed E-state index contributed by atoms with van der Waals surface area (Å²) < 4.78 is 4.11. The second-order valence-corrected chi connectivity index (χ2v) is 13.4. The number of carbonyl (C=O) groups excluding carboxylic acids is 3. The fraction of sp³-hybridized carbons (Fsp3) is 0.581. The van der Waals surface area contributed by atoms with Gasteiger partial charge in [-0.1, -0.05) is 24.3 Å². The molecule has 4 aliphatic rings. The maximum Gasteiger partial charge on any atom is 0.247 e. The number of anilines is 1. The molecule has 8 nitrogen and oxygen atoms in total. The highest BCUT2D eigenvalue weighted by molar-refractivity contribution is 8.02. The van der Waals surface area contributed by atoms with Crippen LogP contribution in [-0.4, -0.2) is 87.1 Å². The standard InChI is InChI=1S/C31H41N3O5S/c1-5-39-23-13-11-22(12-14-23)33-19-9-15-30(4)24(27(33)36)25-28(37)34(17-7-6-8-20-35)26-29(38)32(21(2)3)18-10-16-31(25,26)40-30/h9-16,21,24-26,35H,5-8,17-20H2,1-4H3/t24-,25-,26?,30+,31-/m0/s1. The molecule has 5 atom stereocenters. The van der Waals surface area contributed by atoms with Crippen molar-refractivity contribution in [2.45, 2.75) is 68.5 Å². The lowest BCUT2D eigenvalue weighted by molar-refractivity contribution is -0.143. The molecule has 1 N–H and O–H groups in total. The maximum atomic E-state index is 14.5. The van der Waals surface area contributed by atoms with E-state index in [1.165, 1.54) is 0 Å². The fourth-order valence-corrected chi connectivity index (χ4v) is 9.09. The molecule has 0 bridgehead atoms. The Kier molecular flexibility index (Phi) is 8.08. The molecule has 0 radical (unpaired) electrons. The first-order valence-electron chi connectivity index (χ1n) is 14.5. The lowest BCUT2D eigenvalue weighted by Gasteiger charge is -2.37. The summed E-state index contributed by atoms with van der Waals surface area (Å²) in [6.45, 7) is 9.97. The van der Waals surface area contributed by atoms with Gasteiger partial charge in [-0.15, -0.1) is 11.8 Å². The topological polar surface area (TPSA) is 90.4 Å². The highest BCUT2D eigenvalue weighted by atomic mass is 32.2. The number of carbonyl (C=O) groups is 3. The Morgan fingerprint density at radius 1 is 0.975 bits per heavy atom. The first-order chi connectivity index (χ1) is 19.2. The van der Waals surface area contributed by atoms with Crippen LogP contribution in [0, 0.1) is 11.8 Å². The second kappa shape index (κ2) is 11.2. The highest BCUT2D eigenvalue weighted by Gasteiger charge is 2.73. The van der Waals surface area contributed by atoms with E-state index in [4.69, 9.17) is 4.74 Å². The van der Waals surface area contributed by atoms with Crippen LogP contribution in [0.4, 0.5) is 5.69 Å². The van der Waals surface area contributed by atoms with Gasteiger partial charge in [-0.3, -0.25) is 14.4 Å². The molecule has 216 valence electrons. The van der Waals surface area contributed by atoms with Gasteiger partial charge < -0.3 is 24.5 Å². The van der Waals surface area contributed by atoms with Crippen LogP contribution in [0.2, 0.25) is 0 Å². The molecule has 1 spiro atoms. The Balaban J connectivity index is 1.55. The Labute approximate surface area is 241 Å². The van der Waals surface area contributed by atoms with E-state index in [1.807, 2.05) is 69.0 Å². The molecule has 0 saturated carbocycles. The predicted molar refractivity (Wildman–Crippen MR) is 157 cm³/mol. The van der Waals surface area contributed by atoms with Crippen molar-refractivity contribution in [1.29, 1.82) is 0 Å². The van der Waals surface area contributed by atoms with Gasteiger partial charge in [-0.05, 0) is 71.2 Å². The van der Waals surface area contributed by atoms with Gasteiger partial charge in [0.05, 0.1) is 23.2 Å². The minimum atomic E-state index is -0.837. The summed E-state index contributed by atoms with van der Waals surface area (Å²) in [6.07, 6.45) is 10.3. The van der Waals surface area contributed by atoms with Crippen LogP contribution in [0.3, 0.4) is 0 Å². The van der Waals surface area contributed by atoms with Gasteiger partial charge >= 0.3 is 0 Å². The van der Waals surface area contributed by atoms with E-state index in [-0.39, 0.29) is 30.4 Å². The van der Waals surface area contributed by atoms with Crippen molar-refractivity contribution in [3.63, 3.8) is 0 Å². The van der Waals surface area contributed by atoms with E-state index < -0.39 is 27.4 Å². The smallest absolute Gasteiger partial charge is 0.247 e. The third-order valence-corrected chi connectivity index (χ3v) is 10.5. The van der Waals surface area contributed by atoms with Crippen molar-refractivity contribution in [2.75, 3.05) is 37.7 Å². The van der Waals surface area contributed by atoms with Crippen LogP contribution in [0.1, 0.15) is 47.0 Å². The number of aliphatic hydroxyl groups is 1. The molecule has 5 rings (SSSR count). The number of ether oxygens (including phenoxy) is 1. The van der Waals surface area contributed by atoms with Crippen molar-refractivity contribution in [2.24, 2.45) is 11.8 Å². The van der Waals surface area contributed by atoms with Crippen molar-refractivity contribution >= 4 is 35.2 Å². The molecule has 3 amide bonds. The SMILES string of the molecule is CCOc1ccc(N2CC=C[C@@]3(C)S[C@]45C=CCN(C(C)C)C(=O)C4N(CCCCCO)C(=O)[C@@H]5[C@H]3C2=O)cc1. The third kappa shape index (κ3) is 4.65. The number of hydrogen-bond acceptors (Lipinski definition) is 6. The Morgan fingerprint density at radius 3 is 2.38 bits per heavy atom. The Hall–Kier alpha value is -2.78. The van der Waals surface area contributed by atoms with Gasteiger partial charge in [0, 0.05) is 42.7 Å². The summed E-state index contributed by atoms with van der Waals surface area (Å²) in [7, 11) is 0. The predicted octanol–water partition coefficient (Wildman–Crippen LogP) is 3.65. The van der Waals surface area contributed by atoms with E-state index in [0.29, 0.717) is 39.1 Å². The summed E-state index contributed by atoms with van der Waals surface area (Å²) >= 11 is 1.61. The van der Waals surface area contributed by atoms with Gasteiger partial charge in [0.1, 0.15) is 11.8 Å². The molecule has 0 aliphatic carbocycles. The van der Waals surface area contributed by atoms with Crippen molar-refractivity contribution < 1.29 is 24.2 Å². The number of hydrogen-bond donors (Lipinski definition) is 1. The van der Waals surface area contributed by atoms with E-state index in [0.717, 1.165) is 17.9 Å². The number of thioether (sulfide) groups is 1. The van der Waals surface area contributed by atoms with Gasteiger partial charge in [0.2, 0.25) is 17.7 Å². The molecule has 1 aromatic carbocycles. The number of benzene rings is 1. The van der Waals surface area contributed by atoms with Gasteiger partial charge in [-0.25, -0.2) is 0 Å². The van der Waals surface area contributed by atoms with Crippen LogP contribution in [0.15, 0.2) is 48.6 Å². The molecular formula is C31H41N3O5S. The number of fused-ring (bicyclic) bond motifs is 2. The summed E-state index contributed by atoms with van der Waals surface area (Å²) in [5.74, 6) is -0.793. The van der Waals surface area contributed by atoms with Crippen LogP contribution < -0.4 is 9.64 Å². The largest absolute Gasteiger partial charge is 0.494 e. The zero-order valence-corrected chi connectivity index (χ0v) is 24.7. The lowest BCUT2D eigenvalue weighted by Crippen LogP contribution is -2.54. The highest BCUT2D eigenvalue weighted by Crippen LogP contribution is 2.65. The second-order valence-electron chi connectivity index (χ2n) is 11.6. The summed E-state index contributed by atoms with van der Waals surface area (Å²) in [4.78, 5) is 48.4. The Bertz CT molecular complexity index is 1200. The normalized spacial score (nSPS) is 31.4. The number of likely N-dealkylation sites (tertiary alicyclic amines) is 1. The molecular weight excluding hydrogens is 526 g/mol. The molecule has 0 aromatic heterocycles. The summed E-state index contributed by atoms with van der Waals surface area (Å²) in [5, 5.41) is 9.27. The van der Waals surface area contributed by atoms with E-state index in [1.54, 1.807) is 21.6 Å². The van der Waals surface area contributed by atoms with Gasteiger partial charge in [-0.2, -0.15) is 0 Å². The molecule has 40 heavy (non-hydrogen) atoms. The van der Waals surface area contributed by atoms with Gasteiger partial charge in [0.15, 0.2) is 0 Å². The lowest BCUT2D eigenvalue weighted by atomic mass is 9.74. The fourth-order valence-electron chi connectivity index (χ4n) is 6.94. The Morgan fingerprint density at radius 2 is 1.70 bits per heavy atom. The van der Waals surface area contributed by atoms with Crippen LogP contribution in [0.25, 0.3) is 0 Å². The summed E-state index contributed by atoms with van der Waals surface area (Å²) in [6, 6.07) is 6.82. The first-order valence-corrected chi connectivity index (χ1v) is 15.3. The minimum Gasteiger partial charge on any atom is -0.494 e.